The van der Waals surface area contributed by atoms with Gasteiger partial charge in [0, 0.05) is 12.6 Å². The summed E-state index contributed by atoms with van der Waals surface area (Å²) in [4.78, 5) is 11.8. The number of rotatable bonds is 2. The number of fused-ring (bicyclic) bond motifs is 1. The first-order valence-corrected chi connectivity index (χ1v) is 6.84. The van der Waals surface area contributed by atoms with Gasteiger partial charge in [0.05, 0.1) is 5.39 Å². The van der Waals surface area contributed by atoms with E-state index in [1.54, 1.807) is 11.3 Å². The molecule has 2 aromatic rings. The molecular weight excluding hydrogens is 256 g/mol. The van der Waals surface area contributed by atoms with Crippen molar-refractivity contribution in [2.75, 3.05) is 25.5 Å². The van der Waals surface area contributed by atoms with E-state index in [2.05, 4.69) is 27.2 Å². The van der Waals surface area contributed by atoms with Gasteiger partial charge in [0.1, 0.15) is 10.6 Å². The fraction of sp³-hybridized carbons (Fsp3) is 0.455. The van der Waals surface area contributed by atoms with E-state index in [-0.39, 0.29) is 0 Å². The largest absolute Gasteiger partial charge is 0.365 e. The summed E-state index contributed by atoms with van der Waals surface area (Å²) < 4.78 is 0. The van der Waals surface area contributed by atoms with E-state index in [9.17, 15) is 0 Å². The average Bonchev–Trinajstić information content (AvgIpc) is 2.87. The highest BCUT2D eigenvalue weighted by atomic mass is 35.5. The van der Waals surface area contributed by atoms with Crippen LogP contribution in [-0.2, 0) is 0 Å². The molecule has 6 heteroatoms. The highest BCUT2D eigenvalue weighted by Crippen LogP contribution is 2.27. The van der Waals surface area contributed by atoms with Gasteiger partial charge in [0.25, 0.3) is 0 Å². The lowest BCUT2D eigenvalue weighted by Crippen LogP contribution is -2.24. The lowest BCUT2D eigenvalue weighted by Gasteiger charge is -2.14. The summed E-state index contributed by atoms with van der Waals surface area (Å²) in [5.41, 5.74) is 0. The topological polar surface area (TPSA) is 41.0 Å². The number of thiophene rings is 1. The Balaban J connectivity index is 1.91. The fourth-order valence-corrected chi connectivity index (χ4v) is 3.17. The van der Waals surface area contributed by atoms with Gasteiger partial charge < -0.3 is 10.2 Å². The van der Waals surface area contributed by atoms with Crippen molar-refractivity contribution in [2.45, 2.75) is 12.5 Å². The first-order chi connectivity index (χ1) is 8.22. The maximum atomic E-state index is 5.93. The Morgan fingerprint density at radius 3 is 3.18 bits per heavy atom. The number of nitrogens with one attached hydrogen (secondary N) is 1. The van der Waals surface area contributed by atoms with Gasteiger partial charge in [-0.3, -0.25) is 0 Å². The number of hydrogen-bond acceptors (Lipinski definition) is 5. The molecule has 1 atom stereocenters. The van der Waals surface area contributed by atoms with E-state index in [1.165, 1.54) is 0 Å². The van der Waals surface area contributed by atoms with Crippen LogP contribution >= 0.6 is 22.9 Å². The van der Waals surface area contributed by atoms with Crippen LogP contribution in [-0.4, -0.2) is 41.0 Å². The third kappa shape index (κ3) is 2.22. The molecule has 0 radical (unpaired) electrons. The zero-order chi connectivity index (χ0) is 11.8. The van der Waals surface area contributed by atoms with E-state index >= 15 is 0 Å². The maximum absolute atomic E-state index is 5.93. The smallest absolute Gasteiger partial charge is 0.225 e. The normalized spacial score (nSPS) is 21.2. The lowest BCUT2D eigenvalue weighted by atomic mass is 10.2. The number of anilines is 1. The van der Waals surface area contributed by atoms with Crippen molar-refractivity contribution in [2.24, 2.45) is 0 Å². The second-order valence-electron chi connectivity index (χ2n) is 4.37. The minimum absolute atomic E-state index is 0.314. The number of halogens is 1. The predicted octanol–water partition coefficient (Wildman–Crippen LogP) is 2.46. The van der Waals surface area contributed by atoms with E-state index in [4.69, 9.17) is 11.6 Å². The molecule has 1 aliphatic rings. The Labute approximate surface area is 109 Å². The van der Waals surface area contributed by atoms with Crippen molar-refractivity contribution < 1.29 is 0 Å². The molecule has 0 amide bonds. The minimum atomic E-state index is 0.314. The summed E-state index contributed by atoms with van der Waals surface area (Å²) >= 11 is 7.52. The molecular formula is C11H13ClN4S. The first kappa shape index (κ1) is 11.2. The van der Waals surface area contributed by atoms with Gasteiger partial charge in [-0.15, -0.1) is 11.3 Å². The van der Waals surface area contributed by atoms with E-state index in [0.717, 1.165) is 35.5 Å². The lowest BCUT2D eigenvalue weighted by molar-refractivity contribution is 0.414. The second kappa shape index (κ2) is 4.40. The maximum Gasteiger partial charge on any atom is 0.225 e. The van der Waals surface area contributed by atoms with E-state index < -0.39 is 0 Å². The summed E-state index contributed by atoms with van der Waals surface area (Å²) in [5.74, 6) is 0.863. The summed E-state index contributed by atoms with van der Waals surface area (Å²) in [7, 11) is 2.13. The molecule has 1 fully saturated rings. The molecule has 17 heavy (non-hydrogen) atoms. The number of aromatic nitrogens is 2. The molecule has 1 N–H and O–H groups in total. The quantitative estimate of drug-likeness (QED) is 0.850. The molecule has 0 saturated carbocycles. The molecule has 0 aromatic carbocycles. The van der Waals surface area contributed by atoms with Crippen molar-refractivity contribution in [3.63, 3.8) is 0 Å². The van der Waals surface area contributed by atoms with Crippen molar-refractivity contribution in [1.82, 2.24) is 14.9 Å². The van der Waals surface area contributed by atoms with Gasteiger partial charge in [-0.05, 0) is 43.1 Å². The molecule has 3 rings (SSSR count). The molecule has 4 nitrogen and oxygen atoms in total. The minimum Gasteiger partial charge on any atom is -0.365 e. The summed E-state index contributed by atoms with van der Waals surface area (Å²) in [6, 6.07) is 2.49. The van der Waals surface area contributed by atoms with Gasteiger partial charge in [-0.2, -0.15) is 0 Å². The summed E-state index contributed by atoms with van der Waals surface area (Å²) in [6.45, 7) is 2.18. The first-order valence-electron chi connectivity index (χ1n) is 5.58. The van der Waals surface area contributed by atoms with Crippen LogP contribution in [0.3, 0.4) is 0 Å². The molecule has 1 aliphatic heterocycles. The van der Waals surface area contributed by atoms with Crippen LogP contribution in [0.2, 0.25) is 5.28 Å². The van der Waals surface area contributed by atoms with Gasteiger partial charge in [-0.1, -0.05) is 0 Å². The number of nitrogens with zero attached hydrogens (tertiary/aromatic N) is 3. The molecule has 3 heterocycles. The van der Waals surface area contributed by atoms with Crippen LogP contribution in [0.15, 0.2) is 11.4 Å². The van der Waals surface area contributed by atoms with E-state index in [1.807, 2.05) is 11.4 Å². The SMILES string of the molecule is CN1CCC(Nc2nc(Cl)nc3sccc23)C1. The standard InChI is InChI=1S/C11H13ClN4S/c1-16-4-2-7(6-16)13-9-8-3-5-17-10(8)15-11(12)14-9/h3,5,7H,2,4,6H2,1H3,(H,13,14,15). The van der Waals surface area contributed by atoms with E-state index in [0.29, 0.717) is 11.3 Å². The van der Waals surface area contributed by atoms with Gasteiger partial charge in [0.15, 0.2) is 0 Å². The Morgan fingerprint density at radius 1 is 1.53 bits per heavy atom. The van der Waals surface area contributed by atoms with Crippen LogP contribution < -0.4 is 5.32 Å². The Bertz CT molecular complexity index is 541. The number of likely N-dealkylation sites (tertiary alicyclic amines) is 1. The zero-order valence-corrected chi connectivity index (χ0v) is 11.1. The molecule has 1 unspecified atom stereocenters. The van der Waals surface area contributed by atoms with Crippen molar-refractivity contribution in [3.8, 4) is 0 Å². The Morgan fingerprint density at radius 2 is 2.41 bits per heavy atom. The van der Waals surface area contributed by atoms with Crippen LogP contribution in [0.1, 0.15) is 6.42 Å². The second-order valence-corrected chi connectivity index (χ2v) is 5.61. The number of hydrogen-bond donors (Lipinski definition) is 1. The molecule has 0 aliphatic carbocycles. The monoisotopic (exact) mass is 268 g/mol. The highest BCUT2D eigenvalue weighted by molar-refractivity contribution is 7.16. The van der Waals surface area contributed by atoms with Gasteiger partial charge >= 0.3 is 0 Å². The zero-order valence-electron chi connectivity index (χ0n) is 9.48. The molecule has 0 bridgehead atoms. The third-order valence-electron chi connectivity index (χ3n) is 3.03. The summed E-state index contributed by atoms with van der Waals surface area (Å²) in [5, 5.41) is 6.86. The van der Waals surface area contributed by atoms with Gasteiger partial charge in [0.2, 0.25) is 5.28 Å². The van der Waals surface area contributed by atoms with Gasteiger partial charge in [-0.25, -0.2) is 9.97 Å². The molecule has 0 spiro atoms. The molecule has 2 aromatic heterocycles. The van der Waals surface area contributed by atoms with Crippen molar-refractivity contribution >= 4 is 39.0 Å². The van der Waals surface area contributed by atoms with Crippen LogP contribution in [0, 0.1) is 0 Å². The average molecular weight is 269 g/mol. The van der Waals surface area contributed by atoms with Crippen LogP contribution in [0.4, 0.5) is 5.82 Å². The van der Waals surface area contributed by atoms with Crippen LogP contribution in [0.25, 0.3) is 10.2 Å². The van der Waals surface area contributed by atoms with Crippen LogP contribution in [0.5, 0.6) is 0 Å². The molecule has 90 valence electrons. The molecule has 1 saturated heterocycles. The Hall–Kier alpha value is -0.910. The number of likely N-dealkylation sites (N-methyl/N-ethyl adjacent to an activating group) is 1. The van der Waals surface area contributed by atoms with Crippen molar-refractivity contribution in [3.05, 3.63) is 16.7 Å². The summed E-state index contributed by atoms with van der Waals surface area (Å²) in [6.07, 6.45) is 1.14. The highest BCUT2D eigenvalue weighted by Gasteiger charge is 2.20. The third-order valence-corrected chi connectivity index (χ3v) is 4.01. The predicted molar refractivity (Wildman–Crippen MR) is 71.9 cm³/mol. The Kier molecular flexibility index (Phi) is 2.90. The fourth-order valence-electron chi connectivity index (χ4n) is 2.19. The van der Waals surface area contributed by atoms with Crippen molar-refractivity contribution in [1.29, 1.82) is 0 Å².